The molecular weight excluding hydrogens is 644 g/mol. The van der Waals surface area contributed by atoms with Crippen LogP contribution in [0.2, 0.25) is 0 Å². The van der Waals surface area contributed by atoms with Crippen molar-refractivity contribution in [3.05, 3.63) is 76.1 Å². The van der Waals surface area contributed by atoms with Gasteiger partial charge in [-0.3, -0.25) is 14.4 Å². The smallest absolute Gasteiger partial charge is 0.242 e. The lowest BCUT2D eigenvalue weighted by atomic mass is 9.95. The van der Waals surface area contributed by atoms with E-state index in [2.05, 4.69) is 20.5 Å². The average molecular weight is 689 g/mol. The van der Waals surface area contributed by atoms with Gasteiger partial charge < -0.3 is 39.5 Å². The summed E-state index contributed by atoms with van der Waals surface area (Å²) in [6.45, 7) is 2.43. The van der Waals surface area contributed by atoms with E-state index in [9.17, 15) is 14.4 Å². The Morgan fingerprint density at radius 2 is 1.76 bits per heavy atom. The monoisotopic (exact) mass is 688 g/mol. The summed E-state index contributed by atoms with van der Waals surface area (Å²) in [5, 5.41) is 10.3. The van der Waals surface area contributed by atoms with Crippen LogP contribution >= 0.6 is 11.8 Å². The van der Waals surface area contributed by atoms with E-state index in [1.165, 1.54) is 6.92 Å². The number of nitrogens with one attached hydrogen (secondary N) is 3. The van der Waals surface area contributed by atoms with E-state index in [4.69, 9.17) is 18.9 Å². The van der Waals surface area contributed by atoms with Gasteiger partial charge in [0, 0.05) is 37.2 Å². The molecule has 0 radical (unpaired) electrons. The van der Waals surface area contributed by atoms with Crippen molar-refractivity contribution in [1.29, 1.82) is 0 Å². The molecule has 0 saturated carbocycles. The predicted octanol–water partition coefficient (Wildman–Crippen LogP) is 5.18. The molecule has 0 unspecified atom stereocenters. The summed E-state index contributed by atoms with van der Waals surface area (Å²) in [5.41, 5.74) is 4.06. The third-order valence-electron chi connectivity index (χ3n) is 8.82. The van der Waals surface area contributed by atoms with Crippen LogP contribution in [0.3, 0.4) is 0 Å². The number of anilines is 1. The molecule has 12 heteroatoms. The van der Waals surface area contributed by atoms with E-state index in [1.54, 1.807) is 52.3 Å². The molecule has 0 saturated heterocycles. The molecule has 1 aromatic heterocycles. The van der Waals surface area contributed by atoms with E-state index >= 15 is 0 Å². The molecule has 3 N–H and O–H groups in total. The van der Waals surface area contributed by atoms with Crippen LogP contribution in [-0.4, -0.2) is 69.4 Å². The second kappa shape index (κ2) is 16.0. The van der Waals surface area contributed by atoms with Crippen molar-refractivity contribution in [2.75, 3.05) is 52.3 Å². The third-order valence-corrected chi connectivity index (χ3v) is 9.46. The zero-order valence-electron chi connectivity index (χ0n) is 28.8. The van der Waals surface area contributed by atoms with Crippen molar-refractivity contribution < 1.29 is 28.5 Å². The molecule has 260 valence electrons. The van der Waals surface area contributed by atoms with Gasteiger partial charge in [-0.2, -0.15) is 11.8 Å². The number of aryl methyl sites for hydroxylation is 1. The van der Waals surface area contributed by atoms with Crippen LogP contribution in [-0.2, 0) is 22.6 Å². The van der Waals surface area contributed by atoms with Gasteiger partial charge in [0.15, 0.2) is 11.5 Å². The van der Waals surface area contributed by atoms with E-state index in [-0.39, 0.29) is 22.9 Å². The number of aromatic nitrogens is 1. The molecule has 49 heavy (non-hydrogen) atoms. The maximum absolute atomic E-state index is 13.9. The first-order valence-corrected chi connectivity index (χ1v) is 17.6. The normalized spacial score (nSPS) is 14.1. The highest BCUT2D eigenvalue weighted by Gasteiger charge is 2.30. The topological polar surface area (TPSA) is 129 Å². The maximum atomic E-state index is 13.9. The van der Waals surface area contributed by atoms with Gasteiger partial charge in [0.05, 0.1) is 45.7 Å². The molecule has 2 amide bonds. The number of carbonyl (C=O) groups is 2. The molecule has 0 fully saturated rings. The van der Waals surface area contributed by atoms with Gasteiger partial charge in [-0.1, -0.05) is 12.1 Å². The van der Waals surface area contributed by atoms with Crippen molar-refractivity contribution in [3.8, 4) is 34.1 Å². The Bertz CT molecular complexity index is 1890. The lowest BCUT2D eigenvalue weighted by molar-refractivity contribution is -0.122. The number of carbonyl (C=O) groups excluding carboxylic acids is 2. The number of ether oxygens (including phenoxy) is 4. The second-order valence-corrected chi connectivity index (χ2v) is 12.8. The Morgan fingerprint density at radius 1 is 0.980 bits per heavy atom. The van der Waals surface area contributed by atoms with E-state index < -0.39 is 12.1 Å². The summed E-state index contributed by atoms with van der Waals surface area (Å²) in [5.74, 6) is 2.54. The number of amides is 2. The summed E-state index contributed by atoms with van der Waals surface area (Å²) < 4.78 is 24.8. The first-order chi connectivity index (χ1) is 23.7. The molecule has 11 nitrogen and oxygen atoms in total. The second-order valence-electron chi connectivity index (χ2n) is 11.8. The number of thioether (sulfide) groups is 1. The largest absolute Gasteiger partial charge is 0.496 e. The lowest BCUT2D eigenvalue weighted by Gasteiger charge is -2.19. The molecule has 2 atom stereocenters. The number of methoxy groups -OCH3 is 4. The van der Waals surface area contributed by atoms with Crippen LogP contribution in [0, 0.1) is 0 Å². The van der Waals surface area contributed by atoms with Crippen LogP contribution in [0.25, 0.3) is 22.0 Å². The first kappa shape index (κ1) is 35.5. The highest BCUT2D eigenvalue weighted by molar-refractivity contribution is 7.98. The zero-order chi connectivity index (χ0) is 35.1. The van der Waals surface area contributed by atoms with Gasteiger partial charge in [0.25, 0.3) is 0 Å². The predicted molar refractivity (Wildman–Crippen MR) is 195 cm³/mol. The van der Waals surface area contributed by atoms with Gasteiger partial charge in [0.2, 0.25) is 23.0 Å². The Morgan fingerprint density at radius 3 is 2.45 bits per heavy atom. The summed E-state index contributed by atoms with van der Waals surface area (Å²) in [6.07, 6.45) is 5.62. The van der Waals surface area contributed by atoms with Crippen molar-refractivity contribution in [2.45, 2.75) is 44.8 Å². The highest BCUT2D eigenvalue weighted by atomic mass is 32.2. The molecular formula is C37H44N4O7S. The summed E-state index contributed by atoms with van der Waals surface area (Å²) >= 11 is 1.63. The minimum Gasteiger partial charge on any atom is -0.496 e. The van der Waals surface area contributed by atoms with Crippen LogP contribution in [0.5, 0.6) is 23.0 Å². The number of benzene rings is 2. The molecule has 0 bridgehead atoms. The summed E-state index contributed by atoms with van der Waals surface area (Å²) in [7, 11) is 6.33. The Hall–Kier alpha value is -4.84. The van der Waals surface area contributed by atoms with E-state index in [0.717, 1.165) is 33.3 Å². The fourth-order valence-corrected chi connectivity index (χ4v) is 6.98. The number of hydrogen-bond donors (Lipinski definition) is 3. The van der Waals surface area contributed by atoms with Gasteiger partial charge in [0.1, 0.15) is 11.8 Å². The lowest BCUT2D eigenvalue weighted by Crippen LogP contribution is -2.42. The minimum absolute atomic E-state index is 0.199. The standard InChI is InChI=1S/C37H44N4O7S/c1-22(42)39-27-12-10-23-20-33(46-3)35(47-4)36(48-5)34(23)24-11-13-28(31(43)21-26(24)27)40-29(15-19-49-6)37(44)38-16-18-41-17-14-25-30(41)8-7-9-32(25)45-2/h7-9,11,13-14,17,20-21,27,29H,10,12,15-16,18-19H2,1-6H3,(H,38,44)(H,39,42)(H,40,43)/t27-,29-/m1/s1. The van der Waals surface area contributed by atoms with Gasteiger partial charge in [-0.15, -0.1) is 0 Å². The fourth-order valence-electron chi connectivity index (χ4n) is 6.51. The summed E-state index contributed by atoms with van der Waals surface area (Å²) in [4.78, 5) is 39.8. The quantitative estimate of drug-likeness (QED) is 0.164. The first-order valence-electron chi connectivity index (χ1n) is 16.2. The average Bonchev–Trinajstić information content (AvgIpc) is 3.38. The van der Waals surface area contributed by atoms with E-state index in [1.807, 2.05) is 48.9 Å². The minimum atomic E-state index is -0.652. The summed E-state index contributed by atoms with van der Waals surface area (Å²) in [6, 6.07) is 13.8. The SMILES string of the molecule is COc1cc2c(c(OC)c1OC)-c1ccc(N[C@H](CCSC)C(=O)NCCn3ccc4c(OC)cccc43)c(=O)cc1[C@H](NC(C)=O)CC2. The Balaban J connectivity index is 1.47. The van der Waals surface area contributed by atoms with Gasteiger partial charge in [-0.25, -0.2) is 0 Å². The fraction of sp³-hybridized carbons (Fsp3) is 0.378. The maximum Gasteiger partial charge on any atom is 0.242 e. The highest BCUT2D eigenvalue weighted by Crippen LogP contribution is 2.50. The van der Waals surface area contributed by atoms with Crippen molar-refractivity contribution in [1.82, 2.24) is 15.2 Å². The zero-order valence-corrected chi connectivity index (χ0v) is 29.6. The molecule has 0 spiro atoms. The molecule has 1 aliphatic rings. The van der Waals surface area contributed by atoms with E-state index in [0.29, 0.717) is 60.9 Å². The number of nitrogens with zero attached hydrogens (tertiary/aromatic N) is 1. The molecule has 3 aromatic carbocycles. The van der Waals surface area contributed by atoms with Crippen LogP contribution in [0.15, 0.2) is 59.5 Å². The third kappa shape index (κ3) is 7.59. The van der Waals surface area contributed by atoms with Crippen LogP contribution in [0.4, 0.5) is 5.69 Å². The number of fused-ring (bicyclic) bond motifs is 4. The number of rotatable bonds is 14. The Labute approximate surface area is 290 Å². The molecule has 1 aliphatic carbocycles. The molecule has 0 aliphatic heterocycles. The number of hydrogen-bond acceptors (Lipinski definition) is 9. The molecule has 1 heterocycles. The van der Waals surface area contributed by atoms with Crippen LogP contribution < -0.4 is 40.3 Å². The van der Waals surface area contributed by atoms with Crippen molar-refractivity contribution in [3.63, 3.8) is 0 Å². The van der Waals surface area contributed by atoms with Crippen LogP contribution in [0.1, 0.15) is 36.9 Å². The van der Waals surface area contributed by atoms with Gasteiger partial charge >= 0.3 is 0 Å². The molecule has 5 rings (SSSR count). The van der Waals surface area contributed by atoms with Crippen molar-refractivity contribution >= 4 is 40.2 Å². The van der Waals surface area contributed by atoms with Gasteiger partial charge in [-0.05, 0) is 84.4 Å². The van der Waals surface area contributed by atoms with Crippen molar-refractivity contribution in [2.24, 2.45) is 0 Å². The Kier molecular flexibility index (Phi) is 11.6. The molecule has 4 aromatic rings.